The number of sulfone groups is 1. The summed E-state index contributed by atoms with van der Waals surface area (Å²) in [5.74, 6) is 0.0962. The molecule has 2 aliphatic heterocycles. The van der Waals surface area contributed by atoms with Gasteiger partial charge in [-0.05, 0) is 56.5 Å². The lowest BCUT2D eigenvalue weighted by Gasteiger charge is -2.25. The van der Waals surface area contributed by atoms with Crippen molar-refractivity contribution in [3.63, 3.8) is 0 Å². The molecule has 2 atom stereocenters. The standard InChI is InChI=1S/C23H27N3O3S2/c1-14-6-5-7-18(10-14)26(23-24-19-12-31(28,29)13-20(19)30-23)11-21(27)25-22-16(3)8-15(2)9-17(22)4/h5-10,19-20H,11-13H2,1-4H3,(H,25,27)/t19-,20-/m0/s1. The summed E-state index contributed by atoms with van der Waals surface area (Å²) in [7, 11) is -3.03. The molecule has 0 aromatic heterocycles. The van der Waals surface area contributed by atoms with E-state index in [-0.39, 0.29) is 35.2 Å². The fraction of sp³-hybridized carbons (Fsp3) is 0.391. The SMILES string of the molecule is Cc1cccc(N(CC(=O)Nc2c(C)cc(C)cc2C)C2=N[C@H]3CS(=O)(=O)C[C@@H]3S2)c1. The van der Waals surface area contributed by atoms with Crippen LogP contribution in [0.5, 0.6) is 0 Å². The average molecular weight is 458 g/mol. The molecule has 1 N–H and O–H groups in total. The van der Waals surface area contributed by atoms with Gasteiger partial charge in [0, 0.05) is 16.6 Å². The number of nitrogens with zero attached hydrogens (tertiary/aromatic N) is 2. The van der Waals surface area contributed by atoms with Crippen LogP contribution in [0, 0.1) is 27.7 Å². The van der Waals surface area contributed by atoms with Crippen LogP contribution in [0.3, 0.4) is 0 Å². The molecule has 164 valence electrons. The van der Waals surface area contributed by atoms with E-state index in [4.69, 9.17) is 4.99 Å². The maximum atomic E-state index is 13.1. The summed E-state index contributed by atoms with van der Waals surface area (Å²) in [6.45, 7) is 8.14. The number of amidine groups is 1. The second kappa shape index (κ2) is 8.31. The molecule has 1 saturated heterocycles. The Labute approximate surface area is 188 Å². The number of carbonyl (C=O) groups excluding carboxylic acids is 1. The van der Waals surface area contributed by atoms with Gasteiger partial charge in [-0.15, -0.1) is 0 Å². The van der Waals surface area contributed by atoms with Crippen LogP contribution in [0.15, 0.2) is 41.4 Å². The van der Waals surface area contributed by atoms with Crippen LogP contribution >= 0.6 is 11.8 Å². The van der Waals surface area contributed by atoms with Gasteiger partial charge in [0.2, 0.25) is 5.91 Å². The first-order valence-corrected chi connectivity index (χ1v) is 13.0. The van der Waals surface area contributed by atoms with Crippen LogP contribution < -0.4 is 10.2 Å². The maximum Gasteiger partial charge on any atom is 0.244 e. The molecule has 2 aromatic carbocycles. The van der Waals surface area contributed by atoms with Crippen LogP contribution in [-0.2, 0) is 14.6 Å². The Kier molecular flexibility index (Phi) is 5.87. The number of carbonyl (C=O) groups is 1. The van der Waals surface area contributed by atoms with Gasteiger partial charge in [-0.3, -0.25) is 9.79 Å². The van der Waals surface area contributed by atoms with E-state index in [1.165, 1.54) is 11.8 Å². The molecule has 1 fully saturated rings. The highest BCUT2D eigenvalue weighted by Crippen LogP contribution is 2.37. The Hall–Kier alpha value is -2.32. The number of benzene rings is 2. The number of rotatable bonds is 4. The Morgan fingerprint density at radius 3 is 2.45 bits per heavy atom. The predicted molar refractivity (Wildman–Crippen MR) is 129 cm³/mol. The highest BCUT2D eigenvalue weighted by atomic mass is 32.2. The highest BCUT2D eigenvalue weighted by Gasteiger charge is 2.44. The van der Waals surface area contributed by atoms with E-state index < -0.39 is 9.84 Å². The molecule has 2 heterocycles. The topological polar surface area (TPSA) is 78.8 Å². The van der Waals surface area contributed by atoms with E-state index in [1.807, 2.05) is 56.9 Å². The van der Waals surface area contributed by atoms with Crippen molar-refractivity contribution in [2.75, 3.05) is 28.3 Å². The van der Waals surface area contributed by atoms with Gasteiger partial charge < -0.3 is 10.2 Å². The third-order valence-corrected chi connectivity index (χ3v) is 8.84. The van der Waals surface area contributed by atoms with Crippen molar-refractivity contribution in [1.29, 1.82) is 0 Å². The fourth-order valence-corrected chi connectivity index (χ4v) is 8.02. The first kappa shape index (κ1) is 21.9. The van der Waals surface area contributed by atoms with Crippen molar-refractivity contribution >= 4 is 44.0 Å². The lowest BCUT2D eigenvalue weighted by molar-refractivity contribution is -0.114. The number of nitrogens with one attached hydrogen (secondary N) is 1. The summed E-state index contributed by atoms with van der Waals surface area (Å²) in [5.41, 5.74) is 6.01. The number of amides is 1. The molecule has 6 nitrogen and oxygen atoms in total. The summed E-state index contributed by atoms with van der Waals surface area (Å²) in [5, 5.41) is 3.71. The number of fused-ring (bicyclic) bond motifs is 1. The number of aryl methyl sites for hydroxylation is 4. The predicted octanol–water partition coefficient (Wildman–Crippen LogP) is 3.63. The van der Waals surface area contributed by atoms with Crippen LogP contribution in [0.1, 0.15) is 22.3 Å². The quantitative estimate of drug-likeness (QED) is 0.758. The van der Waals surface area contributed by atoms with Crippen LogP contribution in [-0.4, -0.2) is 48.8 Å². The first-order chi connectivity index (χ1) is 14.6. The van der Waals surface area contributed by atoms with Crippen LogP contribution in [0.25, 0.3) is 0 Å². The van der Waals surface area contributed by atoms with E-state index in [1.54, 1.807) is 0 Å². The third-order valence-electron chi connectivity index (χ3n) is 5.59. The molecule has 0 radical (unpaired) electrons. The molecule has 4 rings (SSSR count). The van der Waals surface area contributed by atoms with Gasteiger partial charge >= 0.3 is 0 Å². The van der Waals surface area contributed by atoms with Crippen LogP contribution in [0.4, 0.5) is 11.4 Å². The molecule has 8 heteroatoms. The zero-order valence-corrected chi connectivity index (χ0v) is 19.8. The number of thioether (sulfide) groups is 1. The molecule has 0 saturated carbocycles. The van der Waals surface area contributed by atoms with Crippen molar-refractivity contribution < 1.29 is 13.2 Å². The molecule has 0 bridgehead atoms. The molecular weight excluding hydrogens is 430 g/mol. The zero-order valence-electron chi connectivity index (χ0n) is 18.2. The number of hydrogen-bond acceptors (Lipinski definition) is 6. The number of anilines is 2. The summed E-state index contributed by atoms with van der Waals surface area (Å²) < 4.78 is 23.9. The largest absolute Gasteiger partial charge is 0.324 e. The van der Waals surface area contributed by atoms with E-state index in [0.717, 1.165) is 33.6 Å². The maximum absolute atomic E-state index is 13.1. The lowest BCUT2D eigenvalue weighted by Crippen LogP contribution is -2.37. The van der Waals surface area contributed by atoms with Gasteiger partial charge in [-0.2, -0.15) is 0 Å². The van der Waals surface area contributed by atoms with E-state index in [9.17, 15) is 13.2 Å². The number of aliphatic imine (C=N–C) groups is 1. The lowest BCUT2D eigenvalue weighted by atomic mass is 10.1. The molecule has 31 heavy (non-hydrogen) atoms. The van der Waals surface area contributed by atoms with Crippen molar-refractivity contribution in [1.82, 2.24) is 0 Å². The van der Waals surface area contributed by atoms with Crippen molar-refractivity contribution in [2.24, 2.45) is 4.99 Å². The van der Waals surface area contributed by atoms with Gasteiger partial charge in [0.05, 0.1) is 17.5 Å². The molecule has 2 aromatic rings. The Morgan fingerprint density at radius 2 is 1.81 bits per heavy atom. The molecular formula is C23H27N3O3S2. The normalized spacial score (nSPS) is 21.5. The second-order valence-electron chi connectivity index (χ2n) is 8.46. The summed E-state index contributed by atoms with van der Waals surface area (Å²) in [6.07, 6.45) is 0. The van der Waals surface area contributed by atoms with Gasteiger partial charge in [0.1, 0.15) is 6.54 Å². The van der Waals surface area contributed by atoms with E-state index in [0.29, 0.717) is 5.17 Å². The molecule has 0 aliphatic carbocycles. The van der Waals surface area contributed by atoms with Gasteiger partial charge in [0.15, 0.2) is 15.0 Å². The smallest absolute Gasteiger partial charge is 0.244 e. The minimum absolute atomic E-state index is 0.0723. The fourth-order valence-electron chi connectivity index (χ4n) is 4.24. The van der Waals surface area contributed by atoms with Gasteiger partial charge in [-0.1, -0.05) is 41.6 Å². The zero-order chi connectivity index (χ0) is 22.3. The first-order valence-electron chi connectivity index (χ1n) is 10.3. The molecule has 1 amide bonds. The minimum atomic E-state index is -3.03. The summed E-state index contributed by atoms with van der Waals surface area (Å²) in [4.78, 5) is 19.7. The second-order valence-corrected chi connectivity index (χ2v) is 11.8. The highest BCUT2D eigenvalue weighted by molar-refractivity contribution is 8.15. The summed E-state index contributed by atoms with van der Waals surface area (Å²) >= 11 is 1.47. The molecule has 0 spiro atoms. The van der Waals surface area contributed by atoms with E-state index >= 15 is 0 Å². The van der Waals surface area contributed by atoms with E-state index in [2.05, 4.69) is 17.4 Å². The molecule has 0 unspecified atom stereocenters. The Balaban J connectivity index is 1.60. The minimum Gasteiger partial charge on any atom is -0.324 e. The average Bonchev–Trinajstić information content (AvgIpc) is 3.16. The monoisotopic (exact) mass is 457 g/mol. The van der Waals surface area contributed by atoms with Crippen molar-refractivity contribution in [3.05, 3.63) is 58.7 Å². The van der Waals surface area contributed by atoms with Gasteiger partial charge in [-0.25, -0.2) is 8.42 Å². The Bertz CT molecular complexity index is 1150. The summed E-state index contributed by atoms with van der Waals surface area (Å²) in [6, 6.07) is 11.8. The van der Waals surface area contributed by atoms with Crippen LogP contribution in [0.2, 0.25) is 0 Å². The third kappa shape index (κ3) is 4.80. The van der Waals surface area contributed by atoms with Crippen molar-refractivity contribution in [3.8, 4) is 0 Å². The van der Waals surface area contributed by atoms with Crippen molar-refractivity contribution in [2.45, 2.75) is 39.0 Å². The van der Waals surface area contributed by atoms with Gasteiger partial charge in [0.25, 0.3) is 0 Å². The number of hydrogen-bond donors (Lipinski definition) is 1. The Morgan fingerprint density at radius 1 is 1.10 bits per heavy atom. The molecule has 2 aliphatic rings.